The molecule has 0 saturated carbocycles. The first-order valence-corrected chi connectivity index (χ1v) is 12.4. The fourth-order valence-electron chi connectivity index (χ4n) is 4.45. The van der Waals surface area contributed by atoms with Gasteiger partial charge in [0.1, 0.15) is 0 Å². The number of carbonyl (C=O) groups is 4. The summed E-state index contributed by atoms with van der Waals surface area (Å²) in [6.07, 6.45) is -0.594. The number of anilines is 1. The number of carbonyl (C=O) groups excluding carboxylic acids is 4. The average molecular weight is 524 g/mol. The van der Waals surface area contributed by atoms with Gasteiger partial charge in [-0.2, -0.15) is 0 Å². The molecule has 5 rings (SSSR count). The van der Waals surface area contributed by atoms with Crippen LogP contribution < -0.4 is 4.90 Å². The zero-order chi connectivity index (χ0) is 26.8. The minimum absolute atomic E-state index is 0.0513. The number of imide groups is 1. The predicted molar refractivity (Wildman–Crippen MR) is 144 cm³/mol. The number of nitrogens with zero attached hydrogens (tertiary/aromatic N) is 1. The van der Waals surface area contributed by atoms with Gasteiger partial charge in [0.05, 0.1) is 22.4 Å². The van der Waals surface area contributed by atoms with Crippen LogP contribution in [0.5, 0.6) is 0 Å². The number of fused-ring (bicyclic) bond motifs is 1. The molecule has 1 aliphatic heterocycles. The van der Waals surface area contributed by atoms with Crippen LogP contribution in [0.25, 0.3) is 0 Å². The highest BCUT2D eigenvalue weighted by Gasteiger charge is 2.38. The molecule has 0 fully saturated rings. The third-order valence-electron chi connectivity index (χ3n) is 6.43. The van der Waals surface area contributed by atoms with Crippen molar-refractivity contribution in [2.45, 2.75) is 19.4 Å². The summed E-state index contributed by atoms with van der Waals surface area (Å²) in [7, 11) is 0. The van der Waals surface area contributed by atoms with Crippen molar-refractivity contribution < 1.29 is 23.9 Å². The van der Waals surface area contributed by atoms with Gasteiger partial charge < -0.3 is 4.74 Å². The number of halogens is 1. The minimum Gasteiger partial charge on any atom is -0.445 e. The summed E-state index contributed by atoms with van der Waals surface area (Å²) in [5.41, 5.74) is 2.55. The van der Waals surface area contributed by atoms with Gasteiger partial charge in [0.25, 0.3) is 11.8 Å². The molecule has 1 aliphatic rings. The number of Topliss-reactive ketones (excluding diaryl/α,β-unsaturated/α-hetero) is 1. The Morgan fingerprint density at radius 3 is 2.16 bits per heavy atom. The zero-order valence-corrected chi connectivity index (χ0v) is 21.1. The first-order valence-electron chi connectivity index (χ1n) is 12.1. The Kier molecular flexibility index (Phi) is 6.90. The van der Waals surface area contributed by atoms with E-state index >= 15 is 0 Å². The number of rotatable bonds is 7. The highest BCUT2D eigenvalue weighted by Crippen LogP contribution is 2.32. The molecule has 38 heavy (non-hydrogen) atoms. The van der Waals surface area contributed by atoms with E-state index in [9.17, 15) is 19.2 Å². The van der Waals surface area contributed by atoms with Gasteiger partial charge in [0.2, 0.25) is 5.78 Å². The molecule has 4 aromatic carbocycles. The van der Waals surface area contributed by atoms with Crippen molar-refractivity contribution in [3.63, 3.8) is 0 Å². The van der Waals surface area contributed by atoms with Gasteiger partial charge in [-0.15, -0.1) is 0 Å². The Hall–Kier alpha value is -4.55. The van der Waals surface area contributed by atoms with Gasteiger partial charge in [-0.3, -0.25) is 14.4 Å². The minimum atomic E-state index is -1.24. The molecule has 7 heteroatoms. The topological polar surface area (TPSA) is 80.8 Å². The number of amides is 2. The van der Waals surface area contributed by atoms with Gasteiger partial charge >= 0.3 is 5.97 Å². The lowest BCUT2D eigenvalue weighted by atomic mass is 9.99. The molecule has 188 valence electrons. The van der Waals surface area contributed by atoms with E-state index in [0.29, 0.717) is 28.3 Å². The first-order chi connectivity index (χ1) is 18.4. The Bertz CT molecular complexity index is 1560. The number of hydrogen-bond donors (Lipinski definition) is 0. The maximum atomic E-state index is 13.3. The van der Waals surface area contributed by atoms with Crippen molar-refractivity contribution in [3.05, 3.63) is 135 Å². The lowest BCUT2D eigenvalue weighted by Gasteiger charge is -2.18. The SMILES string of the molecule is CCc1ccccc1N1C(=O)c2ccc(C(=O)O[C@H](C(=O)c3ccccc3)c3ccc(Cl)cc3)cc2C1=O. The van der Waals surface area contributed by atoms with Crippen molar-refractivity contribution in [1.29, 1.82) is 0 Å². The van der Waals surface area contributed by atoms with E-state index in [4.69, 9.17) is 16.3 Å². The molecule has 2 amide bonds. The van der Waals surface area contributed by atoms with E-state index in [1.807, 2.05) is 19.1 Å². The highest BCUT2D eigenvalue weighted by atomic mass is 35.5. The number of aryl methyl sites for hydroxylation is 1. The Morgan fingerprint density at radius 1 is 0.789 bits per heavy atom. The maximum Gasteiger partial charge on any atom is 0.339 e. The van der Waals surface area contributed by atoms with Crippen LogP contribution in [0.15, 0.2) is 97.1 Å². The molecule has 0 bridgehead atoms. The molecule has 1 heterocycles. The third-order valence-corrected chi connectivity index (χ3v) is 6.68. The molecule has 0 radical (unpaired) electrons. The monoisotopic (exact) mass is 523 g/mol. The highest BCUT2D eigenvalue weighted by molar-refractivity contribution is 6.35. The van der Waals surface area contributed by atoms with Crippen LogP contribution in [-0.2, 0) is 11.2 Å². The molecular weight excluding hydrogens is 502 g/mol. The van der Waals surface area contributed by atoms with Crippen LogP contribution in [0.2, 0.25) is 5.02 Å². The van der Waals surface area contributed by atoms with E-state index in [1.165, 1.54) is 18.2 Å². The molecule has 6 nitrogen and oxygen atoms in total. The fraction of sp³-hybridized carbons (Fsp3) is 0.0968. The number of hydrogen-bond acceptors (Lipinski definition) is 5. The fourth-order valence-corrected chi connectivity index (χ4v) is 4.58. The largest absolute Gasteiger partial charge is 0.445 e. The molecular formula is C31H22ClNO5. The second-order valence-electron chi connectivity index (χ2n) is 8.76. The van der Waals surface area contributed by atoms with Crippen molar-refractivity contribution in [2.24, 2.45) is 0 Å². The van der Waals surface area contributed by atoms with Gasteiger partial charge in [0.15, 0.2) is 6.10 Å². The normalized spacial score (nSPS) is 13.3. The zero-order valence-electron chi connectivity index (χ0n) is 20.4. The number of benzene rings is 4. The van der Waals surface area contributed by atoms with Crippen molar-refractivity contribution in [1.82, 2.24) is 0 Å². The Morgan fingerprint density at radius 2 is 1.45 bits per heavy atom. The van der Waals surface area contributed by atoms with Crippen LogP contribution in [0.3, 0.4) is 0 Å². The van der Waals surface area contributed by atoms with Crippen molar-refractivity contribution in [2.75, 3.05) is 4.90 Å². The third kappa shape index (κ3) is 4.62. The van der Waals surface area contributed by atoms with Crippen LogP contribution in [0, 0.1) is 0 Å². The van der Waals surface area contributed by atoms with E-state index in [1.54, 1.807) is 66.7 Å². The molecule has 1 atom stereocenters. The Labute approximate surface area is 224 Å². The lowest BCUT2D eigenvalue weighted by Crippen LogP contribution is -2.30. The summed E-state index contributed by atoms with van der Waals surface area (Å²) >= 11 is 6.01. The summed E-state index contributed by atoms with van der Waals surface area (Å²) < 4.78 is 5.71. The second kappa shape index (κ2) is 10.4. The van der Waals surface area contributed by atoms with E-state index < -0.39 is 29.7 Å². The Balaban J connectivity index is 1.46. The number of ketones is 1. The second-order valence-corrected chi connectivity index (χ2v) is 9.19. The smallest absolute Gasteiger partial charge is 0.339 e. The van der Waals surface area contributed by atoms with Crippen LogP contribution in [0.1, 0.15) is 65.6 Å². The quantitative estimate of drug-likeness (QED) is 0.157. The van der Waals surface area contributed by atoms with E-state index in [-0.39, 0.29) is 16.7 Å². The molecule has 0 N–H and O–H groups in total. The summed E-state index contributed by atoms with van der Waals surface area (Å²) in [4.78, 5) is 54.2. The van der Waals surface area contributed by atoms with Gasteiger partial charge in [0, 0.05) is 16.1 Å². The van der Waals surface area contributed by atoms with Crippen LogP contribution >= 0.6 is 11.6 Å². The summed E-state index contributed by atoms with van der Waals surface area (Å²) in [6, 6.07) is 26.4. The van der Waals surface area contributed by atoms with E-state index in [2.05, 4.69) is 0 Å². The summed E-state index contributed by atoms with van der Waals surface area (Å²) in [5, 5.41) is 0.474. The summed E-state index contributed by atoms with van der Waals surface area (Å²) in [6.45, 7) is 1.94. The predicted octanol–water partition coefficient (Wildman–Crippen LogP) is 6.48. The molecule has 0 unspecified atom stereocenters. The first kappa shape index (κ1) is 25.1. The van der Waals surface area contributed by atoms with Crippen molar-refractivity contribution in [3.8, 4) is 0 Å². The van der Waals surface area contributed by atoms with Gasteiger partial charge in [-0.1, -0.05) is 79.2 Å². The number of esters is 1. The van der Waals surface area contributed by atoms with Gasteiger partial charge in [-0.05, 0) is 48.4 Å². The van der Waals surface area contributed by atoms with Gasteiger partial charge in [-0.25, -0.2) is 9.69 Å². The molecule has 0 aromatic heterocycles. The molecule has 0 spiro atoms. The lowest BCUT2D eigenvalue weighted by molar-refractivity contribution is 0.0280. The van der Waals surface area contributed by atoms with E-state index in [0.717, 1.165) is 10.5 Å². The van der Waals surface area contributed by atoms with Crippen molar-refractivity contribution >= 4 is 40.9 Å². The molecule has 0 saturated heterocycles. The average Bonchev–Trinajstić information content (AvgIpc) is 3.20. The van der Waals surface area contributed by atoms with Crippen LogP contribution in [0.4, 0.5) is 5.69 Å². The molecule has 4 aromatic rings. The number of para-hydroxylation sites is 1. The van der Waals surface area contributed by atoms with Crippen LogP contribution in [-0.4, -0.2) is 23.6 Å². The maximum absolute atomic E-state index is 13.3. The molecule has 0 aliphatic carbocycles. The standard InChI is InChI=1S/C31H22ClNO5/c1-2-19-8-6-7-11-26(19)33-29(35)24-17-14-22(18-25(24)30(33)36)31(37)38-28(21-12-15-23(32)16-13-21)27(34)20-9-4-3-5-10-20/h3-18,28H,2H2,1H3/t28-/m0/s1. The number of ether oxygens (including phenoxy) is 1. The summed E-state index contributed by atoms with van der Waals surface area (Å²) in [5.74, 6) is -2.18.